The van der Waals surface area contributed by atoms with Gasteiger partial charge in [-0.15, -0.1) is 0 Å². The standard InChI is InChI=1S/C13H18N2O3/c1-13(12(17)18)7-3-9-15(13)11(16)6-5-10-4-2-8-14-10/h2,4,8,14H,3,5-7,9H2,1H3,(H,17,18). The van der Waals surface area contributed by atoms with Crippen molar-refractivity contribution in [1.29, 1.82) is 0 Å². The van der Waals surface area contributed by atoms with E-state index in [0.29, 0.717) is 25.8 Å². The highest BCUT2D eigenvalue weighted by Gasteiger charge is 2.45. The van der Waals surface area contributed by atoms with Gasteiger partial charge in [0.05, 0.1) is 0 Å². The number of carbonyl (C=O) groups is 2. The topological polar surface area (TPSA) is 73.4 Å². The summed E-state index contributed by atoms with van der Waals surface area (Å²) in [6, 6.07) is 3.81. The van der Waals surface area contributed by atoms with Crippen LogP contribution < -0.4 is 0 Å². The van der Waals surface area contributed by atoms with Gasteiger partial charge in [-0.1, -0.05) is 0 Å². The summed E-state index contributed by atoms with van der Waals surface area (Å²) in [7, 11) is 0. The maximum absolute atomic E-state index is 12.1. The van der Waals surface area contributed by atoms with Gasteiger partial charge in [-0.3, -0.25) is 4.79 Å². The van der Waals surface area contributed by atoms with E-state index in [9.17, 15) is 14.7 Å². The van der Waals surface area contributed by atoms with Crippen molar-refractivity contribution in [3.63, 3.8) is 0 Å². The number of hydrogen-bond acceptors (Lipinski definition) is 2. The zero-order valence-electron chi connectivity index (χ0n) is 10.5. The summed E-state index contributed by atoms with van der Waals surface area (Å²) in [5, 5.41) is 9.24. The molecule has 1 saturated heterocycles. The molecule has 1 aromatic heterocycles. The fraction of sp³-hybridized carbons (Fsp3) is 0.538. The van der Waals surface area contributed by atoms with E-state index in [4.69, 9.17) is 0 Å². The Hall–Kier alpha value is -1.78. The lowest BCUT2D eigenvalue weighted by Crippen LogP contribution is -2.50. The van der Waals surface area contributed by atoms with Gasteiger partial charge in [0, 0.05) is 24.9 Å². The molecule has 2 rings (SSSR count). The molecule has 5 nitrogen and oxygen atoms in total. The number of aliphatic carboxylic acids is 1. The smallest absolute Gasteiger partial charge is 0.329 e. The number of carbonyl (C=O) groups excluding carboxylic acids is 1. The number of nitrogens with one attached hydrogen (secondary N) is 1. The van der Waals surface area contributed by atoms with E-state index in [1.807, 2.05) is 18.3 Å². The number of carboxylic acids is 1. The Bertz CT molecular complexity index is 441. The van der Waals surface area contributed by atoms with Gasteiger partial charge < -0.3 is 15.0 Å². The van der Waals surface area contributed by atoms with Crippen molar-refractivity contribution in [2.45, 2.75) is 38.1 Å². The monoisotopic (exact) mass is 250 g/mol. The van der Waals surface area contributed by atoms with E-state index >= 15 is 0 Å². The van der Waals surface area contributed by atoms with Crippen molar-refractivity contribution in [1.82, 2.24) is 9.88 Å². The maximum Gasteiger partial charge on any atom is 0.329 e. The Labute approximate surface area is 106 Å². The predicted molar refractivity (Wildman–Crippen MR) is 66.1 cm³/mol. The quantitative estimate of drug-likeness (QED) is 0.848. The highest BCUT2D eigenvalue weighted by atomic mass is 16.4. The van der Waals surface area contributed by atoms with Crippen LogP contribution in [0.5, 0.6) is 0 Å². The molecule has 1 atom stereocenters. The van der Waals surface area contributed by atoms with E-state index in [-0.39, 0.29) is 5.91 Å². The second kappa shape index (κ2) is 4.84. The van der Waals surface area contributed by atoms with Gasteiger partial charge >= 0.3 is 5.97 Å². The van der Waals surface area contributed by atoms with Gasteiger partial charge in [-0.05, 0) is 38.3 Å². The molecule has 1 aliphatic rings. The largest absolute Gasteiger partial charge is 0.480 e. The molecule has 1 amide bonds. The number of hydrogen-bond donors (Lipinski definition) is 2. The van der Waals surface area contributed by atoms with Crippen LogP contribution in [0.3, 0.4) is 0 Å². The third-order valence-corrected chi connectivity index (χ3v) is 3.67. The van der Waals surface area contributed by atoms with Gasteiger partial charge in [0.25, 0.3) is 0 Å². The fourth-order valence-electron chi connectivity index (χ4n) is 2.49. The summed E-state index contributed by atoms with van der Waals surface area (Å²) >= 11 is 0. The number of likely N-dealkylation sites (tertiary alicyclic amines) is 1. The van der Waals surface area contributed by atoms with Crippen molar-refractivity contribution in [2.24, 2.45) is 0 Å². The zero-order valence-corrected chi connectivity index (χ0v) is 10.5. The van der Waals surface area contributed by atoms with E-state index < -0.39 is 11.5 Å². The van der Waals surface area contributed by atoms with Crippen LogP contribution in [-0.2, 0) is 16.0 Å². The fourth-order valence-corrected chi connectivity index (χ4v) is 2.49. The average Bonchev–Trinajstić information content (AvgIpc) is 2.95. The molecule has 2 heterocycles. The van der Waals surface area contributed by atoms with Crippen LogP contribution in [-0.4, -0.2) is 39.0 Å². The number of aromatic nitrogens is 1. The Morgan fingerprint density at radius 1 is 1.56 bits per heavy atom. The molecule has 0 saturated carbocycles. The van der Waals surface area contributed by atoms with Crippen LogP contribution in [0.15, 0.2) is 18.3 Å². The first-order valence-electron chi connectivity index (χ1n) is 6.20. The van der Waals surface area contributed by atoms with Gasteiger partial charge in [-0.2, -0.15) is 0 Å². The summed E-state index contributed by atoms with van der Waals surface area (Å²) in [5.41, 5.74) is -0.0214. The second-order valence-electron chi connectivity index (χ2n) is 4.92. The molecule has 2 N–H and O–H groups in total. The number of carboxylic acid groups (broad SMARTS) is 1. The molecule has 5 heteroatoms. The molecule has 0 bridgehead atoms. The van der Waals surface area contributed by atoms with Crippen LogP contribution in [0.1, 0.15) is 31.9 Å². The minimum Gasteiger partial charge on any atom is -0.480 e. The van der Waals surface area contributed by atoms with E-state index in [2.05, 4.69) is 4.98 Å². The third kappa shape index (κ3) is 2.25. The lowest BCUT2D eigenvalue weighted by atomic mass is 9.99. The lowest BCUT2D eigenvalue weighted by Gasteiger charge is -2.31. The average molecular weight is 250 g/mol. The maximum atomic E-state index is 12.1. The minimum absolute atomic E-state index is 0.0769. The molecule has 1 fully saturated rings. The molecule has 1 unspecified atom stereocenters. The Kier molecular flexibility index (Phi) is 3.41. The van der Waals surface area contributed by atoms with E-state index in [1.54, 1.807) is 6.92 Å². The summed E-state index contributed by atoms with van der Waals surface area (Å²) in [4.78, 5) is 27.9. The first kappa shape index (κ1) is 12.7. The summed E-state index contributed by atoms with van der Waals surface area (Å²) in [5.74, 6) is -0.986. The SMILES string of the molecule is CC1(C(=O)O)CCCN1C(=O)CCc1ccc[nH]1. The predicted octanol–water partition coefficient (Wildman–Crippen LogP) is 1.41. The van der Waals surface area contributed by atoms with Gasteiger partial charge in [0.15, 0.2) is 0 Å². The summed E-state index contributed by atoms with van der Waals surface area (Å²) in [6.07, 6.45) is 4.09. The van der Waals surface area contributed by atoms with Crippen molar-refractivity contribution in [2.75, 3.05) is 6.54 Å². The molecule has 0 radical (unpaired) electrons. The van der Waals surface area contributed by atoms with Crippen LogP contribution in [0.2, 0.25) is 0 Å². The number of aryl methyl sites for hydroxylation is 1. The van der Waals surface area contributed by atoms with Crippen molar-refractivity contribution in [3.8, 4) is 0 Å². The summed E-state index contributed by atoms with van der Waals surface area (Å²) < 4.78 is 0. The Morgan fingerprint density at radius 2 is 2.33 bits per heavy atom. The first-order valence-corrected chi connectivity index (χ1v) is 6.20. The van der Waals surface area contributed by atoms with Crippen LogP contribution >= 0.6 is 0 Å². The molecule has 0 aromatic carbocycles. The molecule has 1 aromatic rings. The number of amides is 1. The van der Waals surface area contributed by atoms with Gasteiger partial charge in [-0.25, -0.2) is 4.79 Å². The summed E-state index contributed by atoms with van der Waals surface area (Å²) in [6.45, 7) is 2.18. The highest BCUT2D eigenvalue weighted by Crippen LogP contribution is 2.29. The van der Waals surface area contributed by atoms with E-state index in [1.165, 1.54) is 4.90 Å². The zero-order chi connectivity index (χ0) is 13.2. The molecule has 98 valence electrons. The van der Waals surface area contributed by atoms with Crippen LogP contribution in [0, 0.1) is 0 Å². The van der Waals surface area contributed by atoms with Crippen LogP contribution in [0.4, 0.5) is 0 Å². The van der Waals surface area contributed by atoms with E-state index in [0.717, 1.165) is 12.1 Å². The van der Waals surface area contributed by atoms with Crippen molar-refractivity contribution < 1.29 is 14.7 Å². The Balaban J connectivity index is 1.98. The highest BCUT2D eigenvalue weighted by molar-refractivity contribution is 5.87. The number of rotatable bonds is 4. The molecule has 18 heavy (non-hydrogen) atoms. The molecule has 1 aliphatic heterocycles. The lowest BCUT2D eigenvalue weighted by molar-refractivity contribution is -0.155. The molecule has 0 spiro atoms. The number of H-pyrrole nitrogens is 1. The molecule has 0 aliphatic carbocycles. The second-order valence-corrected chi connectivity index (χ2v) is 4.92. The van der Waals surface area contributed by atoms with Gasteiger partial charge in [0.1, 0.15) is 5.54 Å². The number of nitrogens with zero attached hydrogens (tertiary/aromatic N) is 1. The minimum atomic E-state index is -1.02. The third-order valence-electron chi connectivity index (χ3n) is 3.67. The molecular weight excluding hydrogens is 232 g/mol. The van der Waals surface area contributed by atoms with Crippen LogP contribution in [0.25, 0.3) is 0 Å². The normalized spacial score (nSPS) is 23.3. The molecular formula is C13H18N2O3. The van der Waals surface area contributed by atoms with Crippen molar-refractivity contribution in [3.05, 3.63) is 24.0 Å². The Morgan fingerprint density at radius 3 is 2.94 bits per heavy atom. The first-order chi connectivity index (χ1) is 8.54. The number of aromatic amines is 1. The van der Waals surface area contributed by atoms with Crippen molar-refractivity contribution >= 4 is 11.9 Å². The van der Waals surface area contributed by atoms with Gasteiger partial charge in [0.2, 0.25) is 5.91 Å².